The van der Waals surface area contributed by atoms with Gasteiger partial charge in [0.1, 0.15) is 17.7 Å². The molecule has 3 nitrogen and oxygen atoms in total. The summed E-state index contributed by atoms with van der Waals surface area (Å²) in [6.07, 6.45) is 3.00. The number of benzene rings is 1. The van der Waals surface area contributed by atoms with E-state index in [1.54, 1.807) is 18.0 Å². The van der Waals surface area contributed by atoms with Gasteiger partial charge in [-0.15, -0.1) is 11.8 Å². The molecule has 0 saturated heterocycles. The summed E-state index contributed by atoms with van der Waals surface area (Å²) >= 11 is 5.23. The summed E-state index contributed by atoms with van der Waals surface area (Å²) in [7, 11) is 0. The highest BCUT2D eigenvalue weighted by atomic mass is 79.9. The normalized spacial score (nSPS) is 17.0. The molecular weight excluding hydrogens is 324 g/mol. The Morgan fingerprint density at radius 2 is 2.26 bits per heavy atom. The van der Waals surface area contributed by atoms with E-state index >= 15 is 0 Å². The van der Waals surface area contributed by atoms with Crippen molar-refractivity contribution in [1.29, 1.82) is 0 Å². The molecule has 1 aliphatic heterocycles. The molecule has 0 radical (unpaired) electrons. The lowest BCUT2D eigenvalue weighted by Crippen LogP contribution is -2.15. The van der Waals surface area contributed by atoms with Crippen molar-refractivity contribution in [3.8, 4) is 5.75 Å². The van der Waals surface area contributed by atoms with Gasteiger partial charge in [-0.1, -0.05) is 15.9 Å². The highest BCUT2D eigenvalue weighted by molar-refractivity contribution is 9.10. The minimum Gasteiger partial charge on any atom is -0.489 e. The zero-order valence-corrected chi connectivity index (χ0v) is 12.6. The second-order valence-corrected chi connectivity index (χ2v) is 6.43. The fraction of sp³-hybridized carbons (Fsp3) is 0.214. The SMILES string of the molecule is Nc1ccc(SCC2Cc3cc(Br)ccc3O2)cn1. The van der Waals surface area contributed by atoms with Gasteiger partial charge in [-0.2, -0.15) is 0 Å². The van der Waals surface area contributed by atoms with Crippen molar-refractivity contribution >= 4 is 33.5 Å². The lowest BCUT2D eigenvalue weighted by Gasteiger charge is -2.09. The zero-order valence-electron chi connectivity index (χ0n) is 10.2. The van der Waals surface area contributed by atoms with Crippen LogP contribution in [0.3, 0.4) is 0 Å². The zero-order chi connectivity index (χ0) is 13.2. The number of aromatic nitrogens is 1. The molecule has 2 aromatic rings. The molecule has 0 aliphatic carbocycles. The predicted molar refractivity (Wildman–Crippen MR) is 81.6 cm³/mol. The summed E-state index contributed by atoms with van der Waals surface area (Å²) in [5.74, 6) is 2.47. The maximum Gasteiger partial charge on any atom is 0.123 e. The second kappa shape index (κ2) is 5.43. The molecule has 98 valence electrons. The van der Waals surface area contributed by atoms with Crippen LogP contribution in [0.5, 0.6) is 5.75 Å². The number of thioether (sulfide) groups is 1. The number of ether oxygens (including phenoxy) is 1. The largest absolute Gasteiger partial charge is 0.489 e. The Bertz CT molecular complexity index is 588. The number of nitrogens with two attached hydrogens (primary N) is 1. The quantitative estimate of drug-likeness (QED) is 0.871. The minimum absolute atomic E-state index is 0.229. The van der Waals surface area contributed by atoms with E-state index in [9.17, 15) is 0 Å². The molecule has 19 heavy (non-hydrogen) atoms. The third-order valence-corrected chi connectivity index (χ3v) is 4.57. The van der Waals surface area contributed by atoms with Gasteiger partial charge in [-0.05, 0) is 35.9 Å². The molecule has 1 aromatic carbocycles. The van der Waals surface area contributed by atoms with E-state index in [2.05, 4.69) is 27.0 Å². The van der Waals surface area contributed by atoms with E-state index in [1.165, 1.54) is 5.56 Å². The fourth-order valence-corrected chi connectivity index (χ4v) is 3.31. The van der Waals surface area contributed by atoms with Crippen LogP contribution >= 0.6 is 27.7 Å². The van der Waals surface area contributed by atoms with Gasteiger partial charge in [0, 0.05) is 27.7 Å². The van der Waals surface area contributed by atoms with E-state index in [1.807, 2.05) is 24.3 Å². The van der Waals surface area contributed by atoms with Gasteiger partial charge in [-0.25, -0.2) is 4.98 Å². The first-order chi connectivity index (χ1) is 9.20. The molecule has 1 unspecified atom stereocenters. The maximum absolute atomic E-state index is 5.92. The molecule has 3 rings (SSSR count). The van der Waals surface area contributed by atoms with Crippen molar-refractivity contribution in [2.24, 2.45) is 0 Å². The van der Waals surface area contributed by atoms with Crippen molar-refractivity contribution < 1.29 is 4.74 Å². The van der Waals surface area contributed by atoms with Crippen molar-refractivity contribution in [2.75, 3.05) is 11.5 Å². The number of hydrogen-bond acceptors (Lipinski definition) is 4. The third kappa shape index (κ3) is 3.04. The summed E-state index contributed by atoms with van der Waals surface area (Å²) in [5, 5.41) is 0. The Labute approximate surface area is 124 Å². The van der Waals surface area contributed by atoms with Crippen LogP contribution < -0.4 is 10.5 Å². The molecule has 0 spiro atoms. The summed E-state index contributed by atoms with van der Waals surface area (Å²) < 4.78 is 7.02. The highest BCUT2D eigenvalue weighted by Gasteiger charge is 2.22. The number of anilines is 1. The van der Waals surface area contributed by atoms with Crippen LogP contribution in [-0.4, -0.2) is 16.8 Å². The Morgan fingerprint density at radius 3 is 3.05 bits per heavy atom. The van der Waals surface area contributed by atoms with Gasteiger partial charge in [0.2, 0.25) is 0 Å². The maximum atomic E-state index is 5.92. The Balaban J connectivity index is 1.60. The molecule has 1 aliphatic rings. The molecule has 2 heterocycles. The standard InChI is InChI=1S/C14H13BrN2OS/c15-10-1-3-13-9(5-10)6-11(18-13)8-19-12-2-4-14(16)17-7-12/h1-5,7,11H,6,8H2,(H2,16,17). The van der Waals surface area contributed by atoms with Gasteiger partial charge >= 0.3 is 0 Å². The minimum atomic E-state index is 0.229. The van der Waals surface area contributed by atoms with Crippen molar-refractivity contribution in [1.82, 2.24) is 4.98 Å². The monoisotopic (exact) mass is 336 g/mol. The Hall–Kier alpha value is -1.20. The van der Waals surface area contributed by atoms with Gasteiger partial charge in [-0.3, -0.25) is 0 Å². The molecule has 0 bridgehead atoms. The van der Waals surface area contributed by atoms with Gasteiger partial charge in [0.05, 0.1) is 0 Å². The summed E-state index contributed by atoms with van der Waals surface area (Å²) in [4.78, 5) is 5.21. The molecule has 0 fully saturated rings. The lowest BCUT2D eigenvalue weighted by molar-refractivity contribution is 0.259. The Kier molecular flexibility index (Phi) is 3.66. The molecular formula is C14H13BrN2OS. The molecule has 0 amide bonds. The molecule has 1 atom stereocenters. The summed E-state index contributed by atoms with van der Waals surface area (Å²) in [6, 6.07) is 9.98. The van der Waals surface area contributed by atoms with E-state index in [-0.39, 0.29) is 6.10 Å². The molecule has 2 N–H and O–H groups in total. The number of nitrogen functional groups attached to an aromatic ring is 1. The smallest absolute Gasteiger partial charge is 0.123 e. The van der Waals surface area contributed by atoms with E-state index < -0.39 is 0 Å². The van der Waals surface area contributed by atoms with Crippen LogP contribution in [0.15, 0.2) is 45.9 Å². The molecule has 5 heteroatoms. The molecule has 0 saturated carbocycles. The van der Waals surface area contributed by atoms with Crippen LogP contribution in [0.1, 0.15) is 5.56 Å². The van der Waals surface area contributed by atoms with Crippen LogP contribution in [0.2, 0.25) is 0 Å². The first-order valence-electron chi connectivity index (χ1n) is 6.00. The molecule has 1 aromatic heterocycles. The number of nitrogens with zero attached hydrogens (tertiary/aromatic N) is 1. The van der Waals surface area contributed by atoms with Crippen molar-refractivity contribution in [2.45, 2.75) is 17.4 Å². The summed E-state index contributed by atoms with van der Waals surface area (Å²) in [5.41, 5.74) is 6.84. The number of pyridine rings is 1. The van der Waals surface area contributed by atoms with Gasteiger partial charge in [0.25, 0.3) is 0 Å². The van der Waals surface area contributed by atoms with Crippen LogP contribution in [0.4, 0.5) is 5.82 Å². The average Bonchev–Trinajstić information content (AvgIpc) is 2.80. The first kappa shape index (κ1) is 12.8. The number of fused-ring (bicyclic) bond motifs is 1. The van der Waals surface area contributed by atoms with Crippen molar-refractivity contribution in [3.63, 3.8) is 0 Å². The van der Waals surface area contributed by atoms with Gasteiger partial charge in [0.15, 0.2) is 0 Å². The number of halogens is 1. The van der Waals surface area contributed by atoms with Crippen LogP contribution in [0.25, 0.3) is 0 Å². The lowest BCUT2D eigenvalue weighted by atomic mass is 10.1. The number of hydrogen-bond donors (Lipinski definition) is 1. The predicted octanol–water partition coefficient (Wildman–Crippen LogP) is 3.52. The van der Waals surface area contributed by atoms with Crippen molar-refractivity contribution in [3.05, 3.63) is 46.6 Å². The van der Waals surface area contributed by atoms with Crippen LogP contribution in [0, 0.1) is 0 Å². The van der Waals surface area contributed by atoms with Gasteiger partial charge < -0.3 is 10.5 Å². The third-order valence-electron chi connectivity index (χ3n) is 2.96. The highest BCUT2D eigenvalue weighted by Crippen LogP contribution is 2.33. The number of rotatable bonds is 3. The summed E-state index contributed by atoms with van der Waals surface area (Å²) in [6.45, 7) is 0. The van der Waals surface area contributed by atoms with E-state index in [0.717, 1.165) is 27.3 Å². The van der Waals surface area contributed by atoms with E-state index in [0.29, 0.717) is 5.82 Å². The first-order valence-corrected chi connectivity index (χ1v) is 7.78. The fourth-order valence-electron chi connectivity index (χ4n) is 2.05. The van der Waals surface area contributed by atoms with Crippen LogP contribution in [-0.2, 0) is 6.42 Å². The average molecular weight is 337 g/mol. The topological polar surface area (TPSA) is 48.1 Å². The second-order valence-electron chi connectivity index (χ2n) is 4.43. The van der Waals surface area contributed by atoms with E-state index in [4.69, 9.17) is 10.5 Å². The Morgan fingerprint density at radius 1 is 1.37 bits per heavy atom.